The Morgan fingerprint density at radius 3 is 2.71 bits per heavy atom. The van der Waals surface area contributed by atoms with Crippen LogP contribution in [0.25, 0.3) is 0 Å². The van der Waals surface area contributed by atoms with Crippen LogP contribution in [0.5, 0.6) is 0 Å². The van der Waals surface area contributed by atoms with Crippen LogP contribution in [0.3, 0.4) is 0 Å². The van der Waals surface area contributed by atoms with Gasteiger partial charge in [0.1, 0.15) is 5.82 Å². The van der Waals surface area contributed by atoms with Crippen molar-refractivity contribution >= 4 is 18.4 Å². The molecule has 5 heteroatoms. The quantitative estimate of drug-likeness (QED) is 0.668. The molecule has 0 bridgehead atoms. The van der Waals surface area contributed by atoms with Crippen molar-refractivity contribution in [1.29, 1.82) is 0 Å². The second kappa shape index (κ2) is 5.05. The molecule has 0 unspecified atom stereocenters. The van der Waals surface area contributed by atoms with Crippen LogP contribution in [0.1, 0.15) is 24.2 Å². The van der Waals surface area contributed by atoms with Crippen LogP contribution in [-0.4, -0.2) is 21.1 Å². The van der Waals surface area contributed by atoms with E-state index in [0.717, 1.165) is 5.82 Å². The van der Waals surface area contributed by atoms with E-state index in [2.05, 4.69) is 34.4 Å². The van der Waals surface area contributed by atoms with E-state index in [1.165, 1.54) is 5.56 Å². The van der Waals surface area contributed by atoms with Gasteiger partial charge in [-0.2, -0.15) is 14.9 Å². The number of hydrogen-bond acceptors (Lipinski definition) is 3. The molecule has 0 spiro atoms. The van der Waals surface area contributed by atoms with Crippen molar-refractivity contribution in [2.24, 2.45) is 5.10 Å². The highest BCUT2D eigenvalue weighted by molar-refractivity contribution is 7.71. The van der Waals surface area contributed by atoms with Crippen LogP contribution in [-0.2, 0) is 0 Å². The van der Waals surface area contributed by atoms with Gasteiger partial charge in [-0.25, -0.2) is 0 Å². The third-order valence-electron chi connectivity index (χ3n) is 2.54. The van der Waals surface area contributed by atoms with Gasteiger partial charge in [0.05, 0.1) is 0 Å². The number of hydrogen-bond donors (Lipinski definition) is 1. The first kappa shape index (κ1) is 11.7. The summed E-state index contributed by atoms with van der Waals surface area (Å²) < 4.78 is 2.13. The maximum atomic E-state index is 5.07. The zero-order chi connectivity index (χ0) is 12.3. The Morgan fingerprint density at radius 1 is 1.41 bits per heavy atom. The third kappa shape index (κ3) is 2.68. The number of aryl methyl sites for hydroxylation is 1. The predicted octanol–water partition coefficient (Wildman–Crippen LogP) is 2.89. The normalized spacial score (nSPS) is 13.1. The summed E-state index contributed by atoms with van der Waals surface area (Å²) in [7, 11) is 0. The first-order valence-electron chi connectivity index (χ1n) is 5.42. The number of H-pyrrole nitrogens is 1. The number of aromatic amines is 1. The van der Waals surface area contributed by atoms with Crippen molar-refractivity contribution in [2.45, 2.75) is 19.8 Å². The summed E-state index contributed by atoms with van der Waals surface area (Å²) in [5.74, 6) is 0.999. The summed E-state index contributed by atoms with van der Waals surface area (Å²) in [6, 6.07) is 10.2. The van der Waals surface area contributed by atoms with Crippen LogP contribution in [0, 0.1) is 11.7 Å². The fourth-order valence-electron chi connectivity index (χ4n) is 1.52. The Hall–Kier alpha value is -1.75. The maximum absolute atomic E-state index is 5.07. The standard InChI is InChI=1S/C12H14N4S/c1-9(11-6-4-3-5-7-11)8-13-16-10(2)14-15-12(16)17/h3-9H,1-2H3,(H,15,17)/b13-8-/t9-/m0/s1. The molecule has 0 saturated heterocycles. The zero-order valence-electron chi connectivity index (χ0n) is 9.79. The molecule has 0 fully saturated rings. The summed E-state index contributed by atoms with van der Waals surface area (Å²) in [6.45, 7) is 3.95. The summed E-state index contributed by atoms with van der Waals surface area (Å²) in [6.07, 6.45) is 1.87. The van der Waals surface area contributed by atoms with Crippen molar-refractivity contribution in [3.8, 4) is 0 Å². The lowest BCUT2D eigenvalue weighted by Crippen LogP contribution is -1.99. The van der Waals surface area contributed by atoms with Gasteiger partial charge in [0, 0.05) is 12.1 Å². The van der Waals surface area contributed by atoms with Crippen LogP contribution >= 0.6 is 12.2 Å². The van der Waals surface area contributed by atoms with Crippen LogP contribution in [0.2, 0.25) is 0 Å². The zero-order valence-corrected chi connectivity index (χ0v) is 10.6. The highest BCUT2D eigenvalue weighted by Crippen LogP contribution is 2.12. The topological polar surface area (TPSA) is 46.0 Å². The van der Waals surface area contributed by atoms with E-state index >= 15 is 0 Å². The van der Waals surface area contributed by atoms with Crippen LogP contribution in [0.15, 0.2) is 35.4 Å². The lowest BCUT2D eigenvalue weighted by atomic mass is 10.0. The number of benzene rings is 1. The monoisotopic (exact) mass is 246 g/mol. The molecule has 0 aliphatic carbocycles. The molecule has 88 valence electrons. The average Bonchev–Trinajstić information content (AvgIpc) is 2.67. The second-order valence-electron chi connectivity index (χ2n) is 3.85. The Kier molecular flexibility index (Phi) is 3.49. The van der Waals surface area contributed by atoms with Gasteiger partial charge >= 0.3 is 0 Å². The molecule has 1 aromatic carbocycles. The van der Waals surface area contributed by atoms with Gasteiger partial charge in [0.15, 0.2) is 0 Å². The maximum Gasteiger partial charge on any atom is 0.216 e. The first-order valence-corrected chi connectivity index (χ1v) is 5.83. The van der Waals surface area contributed by atoms with Gasteiger partial charge in [-0.05, 0) is 24.7 Å². The molecular weight excluding hydrogens is 232 g/mol. The molecule has 2 aromatic rings. The van der Waals surface area contributed by atoms with Crippen LogP contribution < -0.4 is 0 Å². The minimum Gasteiger partial charge on any atom is -0.250 e. The molecule has 2 rings (SSSR count). The van der Waals surface area contributed by atoms with Gasteiger partial charge in [-0.3, -0.25) is 5.10 Å². The summed E-state index contributed by atoms with van der Waals surface area (Å²) in [5, 5.41) is 11.0. The highest BCUT2D eigenvalue weighted by atomic mass is 32.1. The molecule has 0 radical (unpaired) electrons. The van der Waals surface area contributed by atoms with E-state index in [4.69, 9.17) is 12.2 Å². The molecule has 0 amide bonds. The Labute approximate surface area is 105 Å². The molecule has 4 nitrogen and oxygen atoms in total. The Balaban J connectivity index is 2.20. The van der Waals surface area contributed by atoms with Crippen molar-refractivity contribution in [3.05, 3.63) is 46.5 Å². The lowest BCUT2D eigenvalue weighted by Gasteiger charge is -2.05. The van der Waals surface area contributed by atoms with Crippen LogP contribution in [0.4, 0.5) is 0 Å². The summed E-state index contributed by atoms with van der Waals surface area (Å²) >= 11 is 5.07. The Morgan fingerprint density at radius 2 is 2.12 bits per heavy atom. The summed E-state index contributed by atoms with van der Waals surface area (Å²) in [4.78, 5) is 0. The number of aromatic nitrogens is 3. The lowest BCUT2D eigenvalue weighted by molar-refractivity contribution is 0.810. The van der Waals surface area contributed by atoms with E-state index in [0.29, 0.717) is 4.77 Å². The van der Waals surface area contributed by atoms with E-state index < -0.39 is 0 Å². The minimum absolute atomic E-state index is 0.243. The molecule has 0 aliphatic heterocycles. The molecule has 1 atom stereocenters. The van der Waals surface area contributed by atoms with E-state index in [9.17, 15) is 0 Å². The highest BCUT2D eigenvalue weighted by Gasteiger charge is 2.02. The van der Waals surface area contributed by atoms with Crippen molar-refractivity contribution in [2.75, 3.05) is 0 Å². The average molecular weight is 246 g/mol. The molecular formula is C12H14N4S. The molecule has 0 aliphatic rings. The van der Waals surface area contributed by atoms with Gasteiger partial charge in [0.25, 0.3) is 0 Å². The number of rotatable bonds is 3. The number of nitrogens with zero attached hydrogens (tertiary/aromatic N) is 3. The van der Waals surface area contributed by atoms with E-state index in [1.54, 1.807) is 4.68 Å². The molecule has 0 saturated carbocycles. The van der Waals surface area contributed by atoms with Crippen molar-refractivity contribution in [1.82, 2.24) is 14.9 Å². The second-order valence-corrected chi connectivity index (χ2v) is 4.24. The smallest absolute Gasteiger partial charge is 0.216 e. The van der Waals surface area contributed by atoms with Gasteiger partial charge in [-0.15, -0.1) is 0 Å². The largest absolute Gasteiger partial charge is 0.250 e. The molecule has 17 heavy (non-hydrogen) atoms. The third-order valence-corrected chi connectivity index (χ3v) is 2.81. The molecule has 1 N–H and O–H groups in total. The molecule has 1 aromatic heterocycles. The molecule has 1 heterocycles. The van der Waals surface area contributed by atoms with E-state index in [1.807, 2.05) is 31.3 Å². The van der Waals surface area contributed by atoms with Gasteiger partial charge in [-0.1, -0.05) is 37.3 Å². The fourth-order valence-corrected chi connectivity index (χ4v) is 1.74. The first-order chi connectivity index (χ1) is 8.18. The predicted molar refractivity (Wildman–Crippen MR) is 70.9 cm³/mol. The SMILES string of the molecule is Cc1n[nH]c(=S)n1/N=C\[C@H](C)c1ccccc1. The minimum atomic E-state index is 0.243. The number of nitrogens with one attached hydrogen (secondary N) is 1. The van der Waals surface area contributed by atoms with Crippen molar-refractivity contribution < 1.29 is 0 Å². The fraction of sp³-hybridized carbons (Fsp3) is 0.250. The van der Waals surface area contributed by atoms with Crippen molar-refractivity contribution in [3.63, 3.8) is 0 Å². The van der Waals surface area contributed by atoms with E-state index in [-0.39, 0.29) is 5.92 Å². The van der Waals surface area contributed by atoms with Gasteiger partial charge in [0.2, 0.25) is 4.77 Å². The Bertz CT molecular complexity index is 568. The van der Waals surface area contributed by atoms with Gasteiger partial charge < -0.3 is 0 Å². The summed E-state index contributed by atoms with van der Waals surface area (Å²) in [5.41, 5.74) is 1.23.